The van der Waals surface area contributed by atoms with E-state index in [0.29, 0.717) is 18.9 Å². The first-order valence-electron chi connectivity index (χ1n) is 6.77. The lowest BCUT2D eigenvalue weighted by atomic mass is 10.3. The van der Waals surface area contributed by atoms with Crippen LogP contribution in [0.25, 0.3) is 0 Å². The Kier molecular flexibility index (Phi) is 5.96. The van der Waals surface area contributed by atoms with Gasteiger partial charge in [0.25, 0.3) is 0 Å². The standard InChI is InChI=1S/C14H22N4O2/c1-5-18(6-2)13(19)11(4)16-14(20)17-12-10(3)8-7-9-15-12/h7-9,11H,5-6H2,1-4H3,(H2,15,16,17,20)/t11-/m1/s1. The van der Waals surface area contributed by atoms with E-state index in [-0.39, 0.29) is 5.91 Å². The highest BCUT2D eigenvalue weighted by atomic mass is 16.2. The Hall–Kier alpha value is -2.11. The van der Waals surface area contributed by atoms with Crippen molar-refractivity contribution in [3.8, 4) is 0 Å². The SMILES string of the molecule is CCN(CC)C(=O)[C@@H](C)NC(=O)Nc1ncccc1C. The third kappa shape index (κ3) is 4.22. The van der Waals surface area contributed by atoms with Crippen LogP contribution >= 0.6 is 0 Å². The second kappa shape index (κ2) is 7.47. The van der Waals surface area contributed by atoms with E-state index < -0.39 is 12.1 Å². The summed E-state index contributed by atoms with van der Waals surface area (Å²) in [6, 6.07) is 2.65. The van der Waals surface area contributed by atoms with Crippen molar-refractivity contribution in [3.63, 3.8) is 0 Å². The zero-order valence-electron chi connectivity index (χ0n) is 12.4. The van der Waals surface area contributed by atoms with Crippen molar-refractivity contribution >= 4 is 17.8 Å². The number of aryl methyl sites for hydroxylation is 1. The molecule has 6 nitrogen and oxygen atoms in total. The predicted molar refractivity (Wildman–Crippen MR) is 78.5 cm³/mol. The van der Waals surface area contributed by atoms with Crippen molar-refractivity contribution in [1.82, 2.24) is 15.2 Å². The molecule has 0 aliphatic rings. The molecular formula is C14H22N4O2. The topological polar surface area (TPSA) is 74.3 Å². The normalized spacial score (nSPS) is 11.6. The lowest BCUT2D eigenvalue weighted by Gasteiger charge is -2.23. The Labute approximate surface area is 119 Å². The second-order valence-corrected chi connectivity index (χ2v) is 4.50. The van der Waals surface area contributed by atoms with Crippen molar-refractivity contribution in [2.45, 2.75) is 33.7 Å². The number of nitrogens with zero attached hydrogens (tertiary/aromatic N) is 2. The number of pyridine rings is 1. The molecule has 0 saturated heterocycles. The molecule has 0 fully saturated rings. The Morgan fingerprint density at radius 3 is 2.55 bits per heavy atom. The monoisotopic (exact) mass is 278 g/mol. The number of nitrogens with one attached hydrogen (secondary N) is 2. The van der Waals surface area contributed by atoms with E-state index >= 15 is 0 Å². The summed E-state index contributed by atoms with van der Waals surface area (Å²) in [5.41, 5.74) is 0.866. The van der Waals surface area contributed by atoms with Crippen molar-refractivity contribution in [3.05, 3.63) is 23.9 Å². The number of carbonyl (C=O) groups excluding carboxylic acids is 2. The molecule has 0 radical (unpaired) electrons. The molecule has 2 N–H and O–H groups in total. The van der Waals surface area contributed by atoms with Gasteiger partial charge in [-0.25, -0.2) is 9.78 Å². The lowest BCUT2D eigenvalue weighted by molar-refractivity contribution is -0.132. The molecule has 1 atom stereocenters. The summed E-state index contributed by atoms with van der Waals surface area (Å²) < 4.78 is 0. The molecule has 110 valence electrons. The van der Waals surface area contributed by atoms with Crippen LogP contribution in [-0.4, -0.2) is 41.0 Å². The number of anilines is 1. The number of likely N-dealkylation sites (N-methyl/N-ethyl adjacent to an activating group) is 1. The number of hydrogen-bond donors (Lipinski definition) is 2. The van der Waals surface area contributed by atoms with Crippen LogP contribution in [0.2, 0.25) is 0 Å². The molecule has 0 saturated carbocycles. The van der Waals surface area contributed by atoms with Crippen LogP contribution in [0.3, 0.4) is 0 Å². The zero-order valence-corrected chi connectivity index (χ0v) is 12.4. The summed E-state index contributed by atoms with van der Waals surface area (Å²) in [5.74, 6) is 0.399. The first-order valence-corrected chi connectivity index (χ1v) is 6.77. The third-order valence-corrected chi connectivity index (χ3v) is 3.03. The minimum atomic E-state index is -0.570. The van der Waals surface area contributed by atoms with Gasteiger partial charge in [-0.05, 0) is 39.3 Å². The van der Waals surface area contributed by atoms with Crippen molar-refractivity contribution in [2.75, 3.05) is 18.4 Å². The van der Waals surface area contributed by atoms with Gasteiger partial charge < -0.3 is 10.2 Å². The number of carbonyl (C=O) groups is 2. The average molecular weight is 278 g/mol. The molecule has 20 heavy (non-hydrogen) atoms. The van der Waals surface area contributed by atoms with Gasteiger partial charge in [-0.1, -0.05) is 6.07 Å². The number of amides is 3. The van der Waals surface area contributed by atoms with Gasteiger partial charge in [0.15, 0.2) is 0 Å². The first-order chi connectivity index (χ1) is 9.49. The van der Waals surface area contributed by atoms with Crippen LogP contribution in [0.5, 0.6) is 0 Å². The maximum absolute atomic E-state index is 12.0. The molecule has 1 heterocycles. The highest BCUT2D eigenvalue weighted by molar-refractivity contribution is 5.93. The summed E-state index contributed by atoms with van der Waals surface area (Å²) >= 11 is 0. The van der Waals surface area contributed by atoms with E-state index in [1.165, 1.54) is 0 Å². The molecule has 1 aromatic rings. The second-order valence-electron chi connectivity index (χ2n) is 4.50. The van der Waals surface area contributed by atoms with E-state index in [4.69, 9.17) is 0 Å². The maximum atomic E-state index is 12.0. The van der Waals surface area contributed by atoms with Crippen LogP contribution in [0.1, 0.15) is 26.3 Å². The minimum absolute atomic E-state index is 0.0945. The Morgan fingerprint density at radius 1 is 1.35 bits per heavy atom. The molecule has 1 aromatic heterocycles. The largest absolute Gasteiger partial charge is 0.341 e. The number of urea groups is 1. The van der Waals surface area contributed by atoms with Crippen LogP contribution in [0.15, 0.2) is 18.3 Å². The summed E-state index contributed by atoms with van der Waals surface area (Å²) in [5, 5.41) is 5.26. The molecular weight excluding hydrogens is 256 g/mol. The van der Waals surface area contributed by atoms with E-state index in [2.05, 4.69) is 15.6 Å². The van der Waals surface area contributed by atoms with Gasteiger partial charge in [-0.3, -0.25) is 10.1 Å². The smallest absolute Gasteiger partial charge is 0.321 e. The average Bonchev–Trinajstić information content (AvgIpc) is 2.42. The molecule has 6 heteroatoms. The molecule has 0 aliphatic heterocycles. The van der Waals surface area contributed by atoms with E-state index in [1.807, 2.05) is 26.8 Å². The molecule has 3 amide bonds. The number of aromatic nitrogens is 1. The van der Waals surface area contributed by atoms with E-state index in [9.17, 15) is 9.59 Å². The van der Waals surface area contributed by atoms with Crippen molar-refractivity contribution in [1.29, 1.82) is 0 Å². The third-order valence-electron chi connectivity index (χ3n) is 3.03. The molecule has 1 rings (SSSR count). The van der Waals surface area contributed by atoms with E-state index in [0.717, 1.165) is 5.56 Å². The van der Waals surface area contributed by atoms with Gasteiger partial charge >= 0.3 is 6.03 Å². The summed E-state index contributed by atoms with van der Waals surface area (Å²) in [7, 11) is 0. The van der Waals surface area contributed by atoms with Crippen molar-refractivity contribution < 1.29 is 9.59 Å². The predicted octanol–water partition coefficient (Wildman–Crippen LogP) is 1.77. The number of hydrogen-bond acceptors (Lipinski definition) is 3. The summed E-state index contributed by atoms with van der Waals surface area (Å²) in [6.07, 6.45) is 1.60. The molecule has 0 spiro atoms. The zero-order chi connectivity index (χ0) is 15.1. The highest BCUT2D eigenvalue weighted by Crippen LogP contribution is 2.08. The van der Waals surface area contributed by atoms with Crippen LogP contribution in [0, 0.1) is 6.92 Å². The quantitative estimate of drug-likeness (QED) is 0.862. The van der Waals surface area contributed by atoms with Gasteiger partial charge in [0.1, 0.15) is 11.9 Å². The Balaban J connectivity index is 2.58. The fourth-order valence-corrected chi connectivity index (χ4v) is 1.83. The summed E-state index contributed by atoms with van der Waals surface area (Å²) in [6.45, 7) is 8.60. The first kappa shape index (κ1) is 15.9. The molecule has 0 aliphatic carbocycles. The van der Waals surface area contributed by atoms with Gasteiger partial charge in [0, 0.05) is 19.3 Å². The maximum Gasteiger partial charge on any atom is 0.321 e. The van der Waals surface area contributed by atoms with Crippen LogP contribution < -0.4 is 10.6 Å². The van der Waals surface area contributed by atoms with Gasteiger partial charge in [-0.2, -0.15) is 0 Å². The minimum Gasteiger partial charge on any atom is -0.341 e. The highest BCUT2D eigenvalue weighted by Gasteiger charge is 2.20. The van der Waals surface area contributed by atoms with Gasteiger partial charge in [-0.15, -0.1) is 0 Å². The fourth-order valence-electron chi connectivity index (χ4n) is 1.83. The number of rotatable bonds is 5. The van der Waals surface area contributed by atoms with Crippen LogP contribution in [-0.2, 0) is 4.79 Å². The van der Waals surface area contributed by atoms with Gasteiger partial charge in [0.2, 0.25) is 5.91 Å². The van der Waals surface area contributed by atoms with E-state index in [1.54, 1.807) is 24.1 Å². The Morgan fingerprint density at radius 2 is 2.00 bits per heavy atom. The Bertz CT molecular complexity index is 472. The molecule has 0 aromatic carbocycles. The van der Waals surface area contributed by atoms with Crippen molar-refractivity contribution in [2.24, 2.45) is 0 Å². The molecule has 0 bridgehead atoms. The van der Waals surface area contributed by atoms with Gasteiger partial charge in [0.05, 0.1) is 0 Å². The van der Waals surface area contributed by atoms with Crippen LogP contribution in [0.4, 0.5) is 10.6 Å². The fraction of sp³-hybridized carbons (Fsp3) is 0.500. The summed E-state index contributed by atoms with van der Waals surface area (Å²) in [4.78, 5) is 29.6. The lowest BCUT2D eigenvalue weighted by Crippen LogP contribution is -2.48. The molecule has 0 unspecified atom stereocenters.